The number of β-amino-alcohol motifs (C(OH)–C–C–N with tert-alkyl or cyclic N) is 1. The molecule has 1 amide bonds. The van der Waals surface area contributed by atoms with Crippen molar-refractivity contribution in [3.8, 4) is 5.75 Å². The minimum absolute atomic E-state index is 0. The van der Waals surface area contributed by atoms with E-state index in [-0.39, 0.29) is 30.7 Å². The molecular formula is C22H27ClN2O4. The summed E-state index contributed by atoms with van der Waals surface area (Å²) in [7, 11) is 0. The smallest absolute Gasteiger partial charge is 0.253 e. The van der Waals surface area contributed by atoms with Gasteiger partial charge in [0.2, 0.25) is 0 Å². The number of benzene rings is 2. The van der Waals surface area contributed by atoms with Crippen LogP contribution in [-0.4, -0.2) is 72.0 Å². The summed E-state index contributed by atoms with van der Waals surface area (Å²) in [5, 5.41) is 10.3. The second-order valence-corrected chi connectivity index (χ2v) is 7.00. The molecule has 3 rings (SSSR count). The van der Waals surface area contributed by atoms with Crippen molar-refractivity contribution < 1.29 is 19.4 Å². The number of aliphatic hydroxyl groups excluding tert-OH is 1. The quantitative estimate of drug-likeness (QED) is 0.699. The van der Waals surface area contributed by atoms with Crippen LogP contribution in [0.25, 0.3) is 0 Å². The Morgan fingerprint density at radius 2 is 1.59 bits per heavy atom. The maximum Gasteiger partial charge on any atom is 0.253 e. The molecular weight excluding hydrogens is 392 g/mol. The highest BCUT2D eigenvalue weighted by Crippen LogP contribution is 2.13. The first-order valence-corrected chi connectivity index (χ1v) is 9.51. The van der Waals surface area contributed by atoms with Crippen LogP contribution in [0.5, 0.6) is 5.75 Å². The van der Waals surface area contributed by atoms with Crippen LogP contribution < -0.4 is 4.74 Å². The zero-order valence-corrected chi connectivity index (χ0v) is 17.3. The summed E-state index contributed by atoms with van der Waals surface area (Å²) in [6.45, 7) is 4.95. The Labute approximate surface area is 177 Å². The van der Waals surface area contributed by atoms with Crippen LogP contribution >= 0.6 is 12.4 Å². The monoisotopic (exact) mass is 418 g/mol. The molecule has 1 saturated heterocycles. The normalized spacial score (nSPS) is 15.3. The third-order valence-corrected chi connectivity index (χ3v) is 4.85. The Morgan fingerprint density at radius 1 is 0.966 bits per heavy atom. The SMILES string of the molecule is CC(=O)c1ccc(OCC(O)CN2CCN(C(=O)c3ccccc3)CC2)cc1.Cl. The summed E-state index contributed by atoms with van der Waals surface area (Å²) < 4.78 is 5.61. The third-order valence-electron chi connectivity index (χ3n) is 4.85. The molecule has 0 aliphatic carbocycles. The molecule has 0 saturated carbocycles. The molecule has 0 aromatic heterocycles. The van der Waals surface area contributed by atoms with Crippen LogP contribution in [0.2, 0.25) is 0 Å². The van der Waals surface area contributed by atoms with Crippen molar-refractivity contribution in [2.75, 3.05) is 39.3 Å². The highest BCUT2D eigenvalue weighted by molar-refractivity contribution is 5.94. The number of Topliss-reactive ketones (excluding diaryl/α,β-unsaturated/α-hetero) is 1. The van der Waals surface area contributed by atoms with E-state index in [1.807, 2.05) is 35.2 Å². The molecule has 1 heterocycles. The summed E-state index contributed by atoms with van der Waals surface area (Å²) in [6, 6.07) is 16.2. The van der Waals surface area contributed by atoms with Gasteiger partial charge in [-0.3, -0.25) is 14.5 Å². The number of nitrogens with zero attached hydrogens (tertiary/aromatic N) is 2. The number of piperazine rings is 1. The van der Waals surface area contributed by atoms with Gasteiger partial charge in [-0.15, -0.1) is 12.4 Å². The minimum Gasteiger partial charge on any atom is -0.491 e. The number of hydrogen-bond acceptors (Lipinski definition) is 5. The number of amides is 1. The summed E-state index contributed by atoms with van der Waals surface area (Å²) in [4.78, 5) is 27.7. The molecule has 0 spiro atoms. The Balaban J connectivity index is 0.00000300. The molecule has 0 bridgehead atoms. The van der Waals surface area contributed by atoms with Gasteiger partial charge in [0.15, 0.2) is 5.78 Å². The zero-order valence-electron chi connectivity index (χ0n) is 16.5. The minimum atomic E-state index is -0.621. The number of carbonyl (C=O) groups is 2. The van der Waals surface area contributed by atoms with Crippen LogP contribution in [0.4, 0.5) is 0 Å². The average molecular weight is 419 g/mol. The van der Waals surface area contributed by atoms with Gasteiger partial charge in [0.1, 0.15) is 18.5 Å². The third kappa shape index (κ3) is 6.56. The molecule has 0 radical (unpaired) electrons. The van der Waals surface area contributed by atoms with Gasteiger partial charge in [0, 0.05) is 43.9 Å². The van der Waals surface area contributed by atoms with Gasteiger partial charge in [-0.2, -0.15) is 0 Å². The standard InChI is InChI=1S/C22H26N2O4.ClH/c1-17(25)18-7-9-21(10-8-18)28-16-20(26)15-23-11-13-24(14-12-23)22(27)19-5-3-2-4-6-19;/h2-10,20,26H,11-16H2,1H3;1H. The molecule has 6 nitrogen and oxygen atoms in total. The van der Waals surface area contributed by atoms with Crippen molar-refractivity contribution in [1.82, 2.24) is 9.80 Å². The van der Waals surface area contributed by atoms with Gasteiger partial charge < -0.3 is 14.7 Å². The van der Waals surface area contributed by atoms with Crippen molar-refractivity contribution in [1.29, 1.82) is 0 Å². The number of ketones is 1. The second-order valence-electron chi connectivity index (χ2n) is 7.00. The van der Waals surface area contributed by atoms with Gasteiger partial charge in [-0.05, 0) is 43.3 Å². The molecule has 29 heavy (non-hydrogen) atoms. The summed E-state index contributed by atoms with van der Waals surface area (Å²) in [5.74, 6) is 0.692. The van der Waals surface area contributed by atoms with E-state index in [2.05, 4.69) is 4.90 Å². The lowest BCUT2D eigenvalue weighted by Crippen LogP contribution is -2.50. The van der Waals surface area contributed by atoms with Crippen molar-refractivity contribution in [3.63, 3.8) is 0 Å². The topological polar surface area (TPSA) is 70.1 Å². The molecule has 7 heteroatoms. The lowest BCUT2D eigenvalue weighted by atomic mass is 10.1. The van der Waals surface area contributed by atoms with Gasteiger partial charge in [-0.1, -0.05) is 18.2 Å². The highest BCUT2D eigenvalue weighted by atomic mass is 35.5. The molecule has 1 unspecified atom stereocenters. The maximum absolute atomic E-state index is 12.5. The van der Waals surface area contributed by atoms with Crippen LogP contribution in [-0.2, 0) is 0 Å². The lowest BCUT2D eigenvalue weighted by molar-refractivity contribution is 0.0403. The van der Waals surface area contributed by atoms with Gasteiger partial charge in [0.05, 0.1) is 0 Å². The van der Waals surface area contributed by atoms with Crippen LogP contribution in [0.1, 0.15) is 27.6 Å². The first-order valence-electron chi connectivity index (χ1n) is 9.51. The zero-order chi connectivity index (χ0) is 19.9. The van der Waals surface area contributed by atoms with Crippen molar-refractivity contribution in [2.24, 2.45) is 0 Å². The van der Waals surface area contributed by atoms with E-state index in [9.17, 15) is 14.7 Å². The largest absolute Gasteiger partial charge is 0.491 e. The van der Waals surface area contributed by atoms with E-state index in [1.54, 1.807) is 24.3 Å². The van der Waals surface area contributed by atoms with Crippen molar-refractivity contribution in [2.45, 2.75) is 13.0 Å². The number of rotatable bonds is 7. The van der Waals surface area contributed by atoms with Crippen LogP contribution in [0.15, 0.2) is 54.6 Å². The molecule has 156 valence electrons. The number of ether oxygens (including phenoxy) is 1. The molecule has 1 N–H and O–H groups in total. The van der Waals surface area contributed by atoms with E-state index in [0.29, 0.717) is 36.5 Å². The number of aliphatic hydroxyl groups is 1. The molecule has 2 aromatic rings. The van der Waals surface area contributed by atoms with E-state index >= 15 is 0 Å². The van der Waals surface area contributed by atoms with Crippen molar-refractivity contribution in [3.05, 3.63) is 65.7 Å². The molecule has 1 fully saturated rings. The van der Waals surface area contributed by atoms with Crippen LogP contribution in [0, 0.1) is 0 Å². The molecule has 1 aliphatic heterocycles. The highest BCUT2D eigenvalue weighted by Gasteiger charge is 2.23. The van der Waals surface area contributed by atoms with Gasteiger partial charge in [-0.25, -0.2) is 0 Å². The van der Waals surface area contributed by atoms with Crippen LogP contribution in [0.3, 0.4) is 0 Å². The van der Waals surface area contributed by atoms with E-state index < -0.39 is 6.10 Å². The van der Waals surface area contributed by atoms with Gasteiger partial charge in [0.25, 0.3) is 5.91 Å². The van der Waals surface area contributed by atoms with Gasteiger partial charge >= 0.3 is 0 Å². The fourth-order valence-corrected chi connectivity index (χ4v) is 3.23. The first kappa shape index (κ1) is 22.9. The van der Waals surface area contributed by atoms with E-state index in [0.717, 1.165) is 13.1 Å². The van der Waals surface area contributed by atoms with E-state index in [1.165, 1.54) is 6.92 Å². The summed E-state index contributed by atoms with van der Waals surface area (Å²) in [5.41, 5.74) is 1.34. The Bertz CT molecular complexity index is 790. The Hall–Kier alpha value is -2.41. The molecule has 2 aromatic carbocycles. The number of halogens is 1. The average Bonchev–Trinajstić information content (AvgIpc) is 2.73. The number of hydrogen-bond donors (Lipinski definition) is 1. The van der Waals surface area contributed by atoms with E-state index in [4.69, 9.17) is 4.74 Å². The maximum atomic E-state index is 12.5. The number of carbonyl (C=O) groups excluding carboxylic acids is 2. The fourth-order valence-electron chi connectivity index (χ4n) is 3.23. The molecule has 1 aliphatic rings. The fraction of sp³-hybridized carbons (Fsp3) is 0.364. The lowest BCUT2D eigenvalue weighted by Gasteiger charge is -2.35. The van der Waals surface area contributed by atoms with Crippen molar-refractivity contribution >= 4 is 24.1 Å². The molecule has 1 atom stereocenters. The first-order chi connectivity index (χ1) is 13.5. The second kappa shape index (κ2) is 11.0. The Morgan fingerprint density at radius 3 is 2.17 bits per heavy atom. The summed E-state index contributed by atoms with van der Waals surface area (Å²) in [6.07, 6.45) is -0.621. The summed E-state index contributed by atoms with van der Waals surface area (Å²) >= 11 is 0. The predicted molar refractivity (Wildman–Crippen MR) is 114 cm³/mol. The predicted octanol–water partition coefficient (Wildman–Crippen LogP) is 2.51. The Kier molecular flexibility index (Phi) is 8.64.